The molecular weight excluding hydrogens is 366 g/mol. The molecule has 0 aliphatic carbocycles. The Hall–Kier alpha value is -1.79. The van der Waals surface area contributed by atoms with Gasteiger partial charge >= 0.3 is 0 Å². The van der Waals surface area contributed by atoms with Crippen molar-refractivity contribution in [3.05, 3.63) is 23.8 Å². The van der Waals surface area contributed by atoms with Crippen LogP contribution in [0, 0.1) is 0 Å². The summed E-state index contributed by atoms with van der Waals surface area (Å²) >= 11 is 0. The Morgan fingerprint density at radius 1 is 1.07 bits per heavy atom. The molecule has 0 spiro atoms. The Balaban J connectivity index is 1.18. The van der Waals surface area contributed by atoms with Crippen molar-refractivity contribution in [1.82, 2.24) is 15.1 Å². The van der Waals surface area contributed by atoms with Crippen LogP contribution in [0.25, 0.3) is 0 Å². The van der Waals surface area contributed by atoms with Crippen LogP contribution in [-0.2, 0) is 11.2 Å². The summed E-state index contributed by atoms with van der Waals surface area (Å²) in [5.41, 5.74) is 0.999. The fourth-order valence-corrected chi connectivity index (χ4v) is 4.81. The molecular formula is C23H35N3O3. The lowest BCUT2D eigenvalue weighted by atomic mass is 10.0. The molecule has 1 N–H and O–H groups in total. The van der Waals surface area contributed by atoms with Gasteiger partial charge in [-0.15, -0.1) is 0 Å². The molecule has 0 bridgehead atoms. The number of fused-ring (bicyclic) bond motifs is 1. The normalized spacial score (nSPS) is 23.8. The van der Waals surface area contributed by atoms with E-state index >= 15 is 0 Å². The minimum absolute atomic E-state index is 0.00581. The maximum absolute atomic E-state index is 12.7. The van der Waals surface area contributed by atoms with Gasteiger partial charge in [-0.3, -0.25) is 4.79 Å². The van der Waals surface area contributed by atoms with Crippen molar-refractivity contribution in [2.75, 3.05) is 46.4 Å². The first-order valence-corrected chi connectivity index (χ1v) is 11.3. The number of benzene rings is 1. The summed E-state index contributed by atoms with van der Waals surface area (Å²) in [4.78, 5) is 17.9. The van der Waals surface area contributed by atoms with E-state index < -0.39 is 6.10 Å². The third-order valence-electron chi connectivity index (χ3n) is 6.63. The van der Waals surface area contributed by atoms with E-state index in [9.17, 15) is 4.79 Å². The quantitative estimate of drug-likeness (QED) is 0.794. The van der Waals surface area contributed by atoms with Crippen molar-refractivity contribution in [2.24, 2.45) is 0 Å². The molecule has 2 fully saturated rings. The highest BCUT2D eigenvalue weighted by atomic mass is 16.5. The maximum Gasteiger partial charge on any atom is 0.261 e. The van der Waals surface area contributed by atoms with E-state index in [4.69, 9.17) is 9.47 Å². The molecule has 3 aliphatic rings. The molecule has 29 heavy (non-hydrogen) atoms. The van der Waals surface area contributed by atoms with Crippen LogP contribution in [0.1, 0.15) is 44.1 Å². The van der Waals surface area contributed by atoms with Gasteiger partial charge in [-0.05, 0) is 50.9 Å². The van der Waals surface area contributed by atoms with E-state index in [0.29, 0.717) is 6.42 Å². The van der Waals surface area contributed by atoms with Crippen LogP contribution < -0.4 is 14.8 Å². The van der Waals surface area contributed by atoms with Crippen LogP contribution in [-0.4, -0.2) is 74.2 Å². The summed E-state index contributed by atoms with van der Waals surface area (Å²) in [5.74, 6) is 1.58. The van der Waals surface area contributed by atoms with Gasteiger partial charge in [0.25, 0.3) is 5.91 Å². The van der Waals surface area contributed by atoms with Gasteiger partial charge in [0, 0.05) is 44.2 Å². The third kappa shape index (κ3) is 5.23. The van der Waals surface area contributed by atoms with Crippen molar-refractivity contribution >= 4 is 5.91 Å². The molecule has 1 aromatic rings. The van der Waals surface area contributed by atoms with Crippen LogP contribution in [0.15, 0.2) is 18.2 Å². The van der Waals surface area contributed by atoms with Crippen LogP contribution in [0.2, 0.25) is 0 Å². The minimum atomic E-state index is -0.442. The number of nitrogens with one attached hydrogen (secondary N) is 1. The molecule has 0 aromatic heterocycles. The standard InChI is InChI=1S/C23H35N3O3/c1-28-20-7-6-8-21-19(20)17-22(29-21)23(27)24-18-9-13-26(14-10-18)16-15-25-11-4-2-3-5-12-25/h6-8,18,22H,2-5,9-17H2,1H3,(H,24,27). The lowest BCUT2D eigenvalue weighted by molar-refractivity contribution is -0.128. The highest BCUT2D eigenvalue weighted by Crippen LogP contribution is 2.35. The van der Waals surface area contributed by atoms with Crippen molar-refractivity contribution in [3.63, 3.8) is 0 Å². The first-order valence-electron chi connectivity index (χ1n) is 11.3. The molecule has 0 saturated carbocycles. The van der Waals surface area contributed by atoms with E-state index in [1.165, 1.54) is 45.3 Å². The monoisotopic (exact) mass is 401 g/mol. The van der Waals surface area contributed by atoms with E-state index in [-0.39, 0.29) is 11.9 Å². The van der Waals surface area contributed by atoms with Crippen LogP contribution >= 0.6 is 0 Å². The number of carbonyl (C=O) groups is 1. The van der Waals surface area contributed by atoms with Crippen molar-refractivity contribution in [3.8, 4) is 11.5 Å². The van der Waals surface area contributed by atoms with Crippen molar-refractivity contribution in [2.45, 2.75) is 57.1 Å². The first kappa shape index (κ1) is 20.5. The lowest BCUT2D eigenvalue weighted by Gasteiger charge is -2.34. The number of carbonyl (C=O) groups excluding carboxylic acids is 1. The third-order valence-corrected chi connectivity index (χ3v) is 6.63. The molecule has 3 heterocycles. The Morgan fingerprint density at radius 2 is 1.76 bits per heavy atom. The van der Waals surface area contributed by atoms with Gasteiger partial charge in [0.05, 0.1) is 7.11 Å². The number of hydrogen-bond donors (Lipinski definition) is 1. The molecule has 6 nitrogen and oxygen atoms in total. The molecule has 1 atom stereocenters. The SMILES string of the molecule is COc1cccc2c1CC(C(=O)NC1CCN(CCN3CCCCCC3)CC1)O2. The second-order valence-corrected chi connectivity index (χ2v) is 8.63. The average molecular weight is 402 g/mol. The lowest BCUT2D eigenvalue weighted by Crippen LogP contribution is -2.49. The predicted molar refractivity (Wildman–Crippen MR) is 114 cm³/mol. The number of rotatable bonds is 6. The number of nitrogens with zero attached hydrogens (tertiary/aromatic N) is 2. The number of amides is 1. The Morgan fingerprint density at radius 3 is 2.45 bits per heavy atom. The molecule has 6 heteroatoms. The highest BCUT2D eigenvalue weighted by Gasteiger charge is 2.33. The zero-order valence-corrected chi connectivity index (χ0v) is 17.7. The topological polar surface area (TPSA) is 54.0 Å². The first-order chi connectivity index (χ1) is 14.2. The molecule has 4 rings (SSSR count). The summed E-state index contributed by atoms with van der Waals surface area (Å²) in [6.07, 6.45) is 7.68. The minimum Gasteiger partial charge on any atom is -0.496 e. The van der Waals surface area contributed by atoms with Crippen molar-refractivity contribution < 1.29 is 14.3 Å². The summed E-state index contributed by atoms with van der Waals surface area (Å²) in [5, 5.41) is 3.23. The molecule has 1 amide bonds. The molecule has 160 valence electrons. The van der Waals surface area contributed by atoms with E-state index in [2.05, 4.69) is 15.1 Å². The molecule has 2 saturated heterocycles. The second kappa shape index (κ2) is 9.81. The smallest absolute Gasteiger partial charge is 0.261 e. The summed E-state index contributed by atoms with van der Waals surface area (Å²) in [7, 11) is 1.66. The second-order valence-electron chi connectivity index (χ2n) is 8.63. The molecule has 0 radical (unpaired) electrons. The number of piperidine rings is 1. The Kier molecular flexibility index (Phi) is 6.93. The summed E-state index contributed by atoms with van der Waals surface area (Å²) < 4.78 is 11.3. The number of methoxy groups -OCH3 is 1. The largest absolute Gasteiger partial charge is 0.496 e. The van der Waals surface area contributed by atoms with Crippen molar-refractivity contribution in [1.29, 1.82) is 0 Å². The zero-order valence-electron chi connectivity index (χ0n) is 17.7. The van der Waals surface area contributed by atoms with Gasteiger partial charge in [-0.25, -0.2) is 0 Å². The van der Waals surface area contributed by atoms with E-state index in [1.54, 1.807) is 7.11 Å². The Labute approximate surface area is 174 Å². The molecule has 3 aliphatic heterocycles. The summed E-state index contributed by atoms with van der Waals surface area (Å²) in [6, 6.07) is 5.99. The average Bonchev–Trinajstić information content (AvgIpc) is 3.02. The van der Waals surface area contributed by atoms with Gasteiger partial charge < -0.3 is 24.6 Å². The van der Waals surface area contributed by atoms with Gasteiger partial charge in [0.2, 0.25) is 0 Å². The molecule has 1 aromatic carbocycles. The Bertz CT molecular complexity index is 680. The summed E-state index contributed by atoms with van der Waals surface area (Å²) in [6.45, 7) is 7.01. The van der Waals surface area contributed by atoms with Gasteiger partial charge in [0.1, 0.15) is 11.5 Å². The van der Waals surface area contributed by atoms with E-state index in [0.717, 1.165) is 49.5 Å². The van der Waals surface area contributed by atoms with Gasteiger partial charge in [-0.2, -0.15) is 0 Å². The number of hydrogen-bond acceptors (Lipinski definition) is 5. The van der Waals surface area contributed by atoms with Gasteiger partial charge in [-0.1, -0.05) is 18.9 Å². The number of likely N-dealkylation sites (tertiary alicyclic amines) is 2. The van der Waals surface area contributed by atoms with Gasteiger partial charge in [0.15, 0.2) is 6.10 Å². The fourth-order valence-electron chi connectivity index (χ4n) is 4.81. The fraction of sp³-hybridized carbons (Fsp3) is 0.696. The van der Waals surface area contributed by atoms with E-state index in [1.807, 2.05) is 18.2 Å². The van der Waals surface area contributed by atoms with Crippen LogP contribution in [0.5, 0.6) is 11.5 Å². The highest BCUT2D eigenvalue weighted by molar-refractivity contribution is 5.83. The van der Waals surface area contributed by atoms with Crippen LogP contribution in [0.3, 0.4) is 0 Å². The molecule has 1 unspecified atom stereocenters. The number of ether oxygens (including phenoxy) is 2. The maximum atomic E-state index is 12.7. The van der Waals surface area contributed by atoms with Crippen LogP contribution in [0.4, 0.5) is 0 Å². The predicted octanol–water partition coefficient (Wildman–Crippen LogP) is 2.46. The zero-order chi connectivity index (χ0) is 20.1.